The Bertz CT molecular complexity index is 410. The van der Waals surface area contributed by atoms with Gasteiger partial charge in [-0.3, -0.25) is 0 Å². The first-order chi connectivity index (χ1) is 9.18. The second-order valence-corrected chi connectivity index (χ2v) is 8.02. The molecule has 2 aliphatic rings. The zero-order valence-corrected chi connectivity index (χ0v) is 13.5. The van der Waals surface area contributed by atoms with E-state index in [2.05, 4.69) is 27.4 Å². The summed E-state index contributed by atoms with van der Waals surface area (Å²) in [6.07, 6.45) is 5.62. The van der Waals surface area contributed by atoms with E-state index in [1.807, 2.05) is 0 Å². The van der Waals surface area contributed by atoms with Gasteiger partial charge in [-0.05, 0) is 60.8 Å². The van der Waals surface area contributed by atoms with Crippen molar-refractivity contribution in [2.75, 3.05) is 0 Å². The van der Waals surface area contributed by atoms with Crippen LogP contribution >= 0.6 is 0 Å². The lowest BCUT2D eigenvalue weighted by Gasteiger charge is -2.59. The minimum Gasteiger partial charge on any atom is -0.389 e. The maximum Gasteiger partial charge on any atom is 0.129 e. The topological polar surface area (TPSA) is 37.3 Å². The molecule has 0 aromatic heterocycles. The van der Waals surface area contributed by atoms with Gasteiger partial charge in [0.15, 0.2) is 0 Å². The quantitative estimate of drug-likeness (QED) is 0.788. The highest BCUT2D eigenvalue weighted by Crippen LogP contribution is 2.61. The number of rotatable bonds is 3. The second-order valence-electron chi connectivity index (χ2n) is 8.02. The zero-order chi connectivity index (χ0) is 15.1. The standard InChI is InChI=1S/C18H30O2/c1-12(19)7-8-14-13(2)15(20)11-16-17(3,4)9-6-10-18(14,16)5/h14-16,20H,2,6-11H2,1,3-5H3/t14-,15+,16-,18+/m0/s1. The van der Waals surface area contributed by atoms with Gasteiger partial charge in [0.05, 0.1) is 6.10 Å². The summed E-state index contributed by atoms with van der Waals surface area (Å²) in [6, 6.07) is 0. The van der Waals surface area contributed by atoms with Crippen molar-refractivity contribution in [3.05, 3.63) is 12.2 Å². The SMILES string of the molecule is C=C1[C@H](O)C[C@H]2C(C)(C)CCC[C@]2(C)[C@H]1CCC(C)=O. The Morgan fingerprint density at radius 2 is 2.00 bits per heavy atom. The molecule has 0 spiro atoms. The number of carbonyl (C=O) groups excluding carboxylic acids is 1. The minimum atomic E-state index is -0.387. The summed E-state index contributed by atoms with van der Waals surface area (Å²) in [6.45, 7) is 12.9. The van der Waals surface area contributed by atoms with Crippen LogP contribution in [0.1, 0.15) is 66.2 Å². The molecule has 2 aliphatic carbocycles. The van der Waals surface area contributed by atoms with E-state index in [-0.39, 0.29) is 22.7 Å². The molecular weight excluding hydrogens is 248 g/mol. The third-order valence-electron chi connectivity index (χ3n) is 6.19. The van der Waals surface area contributed by atoms with Crippen molar-refractivity contribution in [3.8, 4) is 0 Å². The number of fused-ring (bicyclic) bond motifs is 1. The molecule has 2 saturated carbocycles. The smallest absolute Gasteiger partial charge is 0.129 e. The van der Waals surface area contributed by atoms with Crippen molar-refractivity contribution in [1.29, 1.82) is 0 Å². The van der Waals surface area contributed by atoms with Crippen molar-refractivity contribution in [2.24, 2.45) is 22.7 Å². The van der Waals surface area contributed by atoms with Gasteiger partial charge in [-0.1, -0.05) is 33.8 Å². The summed E-state index contributed by atoms with van der Waals surface area (Å²) in [5.41, 5.74) is 1.46. The van der Waals surface area contributed by atoms with Crippen LogP contribution in [0.3, 0.4) is 0 Å². The molecule has 0 aromatic rings. The molecule has 0 saturated heterocycles. The van der Waals surface area contributed by atoms with Crippen LogP contribution in [0.2, 0.25) is 0 Å². The average Bonchev–Trinajstić information content (AvgIpc) is 2.31. The third-order valence-corrected chi connectivity index (χ3v) is 6.19. The molecule has 2 fully saturated rings. The molecule has 0 bridgehead atoms. The van der Waals surface area contributed by atoms with Crippen LogP contribution in [-0.2, 0) is 4.79 Å². The van der Waals surface area contributed by atoms with Gasteiger partial charge < -0.3 is 9.90 Å². The highest BCUT2D eigenvalue weighted by molar-refractivity contribution is 5.75. The summed E-state index contributed by atoms with van der Waals surface area (Å²) in [4.78, 5) is 11.4. The molecule has 1 N–H and O–H groups in total. The van der Waals surface area contributed by atoms with E-state index in [9.17, 15) is 9.90 Å². The molecule has 0 unspecified atom stereocenters. The van der Waals surface area contributed by atoms with Gasteiger partial charge in [0.2, 0.25) is 0 Å². The number of carbonyl (C=O) groups is 1. The van der Waals surface area contributed by atoms with Gasteiger partial charge in [0.25, 0.3) is 0 Å². The highest BCUT2D eigenvalue weighted by atomic mass is 16.3. The molecule has 20 heavy (non-hydrogen) atoms. The van der Waals surface area contributed by atoms with Crippen LogP contribution < -0.4 is 0 Å². The van der Waals surface area contributed by atoms with Crippen molar-refractivity contribution >= 4 is 5.78 Å². The molecule has 2 heteroatoms. The van der Waals surface area contributed by atoms with E-state index in [0.717, 1.165) is 18.4 Å². The first-order valence-electron chi connectivity index (χ1n) is 8.04. The molecule has 2 nitrogen and oxygen atoms in total. The van der Waals surface area contributed by atoms with Crippen LogP contribution in [0.4, 0.5) is 0 Å². The van der Waals surface area contributed by atoms with Gasteiger partial charge in [0.1, 0.15) is 5.78 Å². The van der Waals surface area contributed by atoms with E-state index >= 15 is 0 Å². The van der Waals surface area contributed by atoms with E-state index in [1.165, 1.54) is 19.3 Å². The van der Waals surface area contributed by atoms with Crippen LogP contribution in [0.15, 0.2) is 12.2 Å². The van der Waals surface area contributed by atoms with E-state index in [1.54, 1.807) is 6.92 Å². The van der Waals surface area contributed by atoms with Crippen LogP contribution in [-0.4, -0.2) is 17.0 Å². The predicted octanol–water partition coefficient (Wildman–Crippen LogP) is 4.13. The molecule has 2 rings (SSSR count). The van der Waals surface area contributed by atoms with Gasteiger partial charge in [0, 0.05) is 6.42 Å². The monoisotopic (exact) mass is 278 g/mol. The molecule has 0 aromatic carbocycles. The van der Waals surface area contributed by atoms with Gasteiger partial charge in [-0.2, -0.15) is 0 Å². The molecule has 0 amide bonds. The Hall–Kier alpha value is -0.630. The second kappa shape index (κ2) is 5.29. The lowest BCUT2D eigenvalue weighted by molar-refractivity contribution is -0.118. The number of hydrogen-bond acceptors (Lipinski definition) is 2. The largest absolute Gasteiger partial charge is 0.389 e. The van der Waals surface area contributed by atoms with Crippen molar-refractivity contribution < 1.29 is 9.90 Å². The first-order valence-corrected chi connectivity index (χ1v) is 8.04. The summed E-state index contributed by atoms with van der Waals surface area (Å²) >= 11 is 0. The molecular formula is C18H30O2. The van der Waals surface area contributed by atoms with Crippen LogP contribution in [0.5, 0.6) is 0 Å². The maximum atomic E-state index is 11.4. The summed E-state index contributed by atoms with van der Waals surface area (Å²) in [5, 5.41) is 10.4. The molecule has 0 radical (unpaired) electrons. The first kappa shape index (κ1) is 15.8. The maximum absolute atomic E-state index is 11.4. The number of hydrogen-bond donors (Lipinski definition) is 1. The minimum absolute atomic E-state index is 0.202. The molecule has 4 atom stereocenters. The summed E-state index contributed by atoms with van der Waals surface area (Å²) in [5.74, 6) is 1.06. The van der Waals surface area contributed by atoms with Gasteiger partial charge in [-0.15, -0.1) is 0 Å². The molecule has 0 aliphatic heterocycles. The Labute approximate surface area is 123 Å². The van der Waals surface area contributed by atoms with Crippen molar-refractivity contribution in [3.63, 3.8) is 0 Å². The summed E-state index contributed by atoms with van der Waals surface area (Å²) < 4.78 is 0. The predicted molar refractivity (Wildman–Crippen MR) is 82.4 cm³/mol. The fourth-order valence-corrected chi connectivity index (χ4v) is 5.06. The lowest BCUT2D eigenvalue weighted by Crippen LogP contribution is -2.52. The van der Waals surface area contributed by atoms with E-state index < -0.39 is 0 Å². The molecule has 114 valence electrons. The number of aliphatic hydroxyl groups excluding tert-OH is 1. The Morgan fingerprint density at radius 3 is 2.60 bits per heavy atom. The zero-order valence-electron chi connectivity index (χ0n) is 13.5. The Kier molecular flexibility index (Phi) is 4.17. The van der Waals surface area contributed by atoms with Gasteiger partial charge in [-0.25, -0.2) is 0 Å². The Morgan fingerprint density at radius 1 is 1.35 bits per heavy atom. The number of ketones is 1. The molecule has 0 heterocycles. The van der Waals surface area contributed by atoms with Gasteiger partial charge >= 0.3 is 0 Å². The van der Waals surface area contributed by atoms with E-state index in [4.69, 9.17) is 0 Å². The number of aliphatic hydroxyl groups is 1. The normalized spacial score (nSPS) is 40.2. The van der Waals surface area contributed by atoms with Crippen molar-refractivity contribution in [2.45, 2.75) is 72.3 Å². The van der Waals surface area contributed by atoms with Crippen LogP contribution in [0, 0.1) is 22.7 Å². The average molecular weight is 278 g/mol. The highest BCUT2D eigenvalue weighted by Gasteiger charge is 2.54. The lowest BCUT2D eigenvalue weighted by atomic mass is 9.46. The van der Waals surface area contributed by atoms with Crippen molar-refractivity contribution in [1.82, 2.24) is 0 Å². The Balaban J connectivity index is 2.31. The fourth-order valence-electron chi connectivity index (χ4n) is 5.06. The fraction of sp³-hybridized carbons (Fsp3) is 0.833. The van der Waals surface area contributed by atoms with Crippen LogP contribution in [0.25, 0.3) is 0 Å². The third kappa shape index (κ3) is 2.59. The van der Waals surface area contributed by atoms with E-state index in [0.29, 0.717) is 18.3 Å². The number of Topliss-reactive ketones (excluding diaryl/α,β-unsaturated/α-hetero) is 1. The summed E-state index contributed by atoms with van der Waals surface area (Å²) in [7, 11) is 0.